The molecule has 0 aliphatic carbocycles. The number of hydrogen-bond acceptors (Lipinski definition) is 3. The first-order chi connectivity index (χ1) is 11.3. The summed E-state index contributed by atoms with van der Waals surface area (Å²) in [7, 11) is 1.06. The minimum atomic E-state index is -4.94. The number of benzene rings is 2. The molecule has 3 aromatic rings. The van der Waals surface area contributed by atoms with E-state index in [0.717, 1.165) is 17.1 Å². The van der Waals surface area contributed by atoms with Crippen molar-refractivity contribution in [3.8, 4) is 11.5 Å². The van der Waals surface area contributed by atoms with Gasteiger partial charge in [0.25, 0.3) is 0 Å². The highest BCUT2D eigenvalue weighted by molar-refractivity contribution is 9.10. The Morgan fingerprint density at radius 1 is 1.21 bits per heavy atom. The third-order valence-corrected chi connectivity index (χ3v) is 4.10. The van der Waals surface area contributed by atoms with Crippen LogP contribution in [0.3, 0.4) is 0 Å². The van der Waals surface area contributed by atoms with Gasteiger partial charge in [0, 0.05) is 23.3 Å². The third kappa shape index (κ3) is 3.01. The number of hydrogen-bond donors (Lipinski definition) is 0. The molecule has 0 unspecified atom stereocenters. The van der Waals surface area contributed by atoms with Gasteiger partial charge in [-0.25, -0.2) is 4.98 Å². The van der Waals surface area contributed by atoms with Gasteiger partial charge in [-0.05, 0) is 40.2 Å². The van der Waals surface area contributed by atoms with E-state index in [1.807, 2.05) is 18.2 Å². The lowest BCUT2D eigenvalue weighted by Gasteiger charge is -2.18. The van der Waals surface area contributed by atoms with Gasteiger partial charge in [-0.15, -0.1) is 0 Å². The minimum absolute atomic E-state index is 0.0691. The van der Waals surface area contributed by atoms with E-state index in [9.17, 15) is 18.0 Å². The van der Waals surface area contributed by atoms with Gasteiger partial charge in [0.15, 0.2) is 5.58 Å². The SMILES string of the molecule is CN(C(=O)C(F)(F)F)c1ccc2nc(-c3ccccc3Br)oc2c1. The van der Waals surface area contributed by atoms with Crippen molar-refractivity contribution >= 4 is 38.6 Å². The number of fused-ring (bicyclic) bond motifs is 1. The fraction of sp³-hybridized carbons (Fsp3) is 0.125. The molecule has 0 bridgehead atoms. The van der Waals surface area contributed by atoms with E-state index in [2.05, 4.69) is 20.9 Å². The molecule has 1 aromatic heterocycles. The number of nitrogens with zero attached hydrogens (tertiary/aromatic N) is 2. The van der Waals surface area contributed by atoms with Gasteiger partial charge in [0.2, 0.25) is 5.89 Å². The van der Waals surface area contributed by atoms with Crippen molar-refractivity contribution in [1.82, 2.24) is 4.98 Å². The van der Waals surface area contributed by atoms with E-state index in [-0.39, 0.29) is 5.69 Å². The van der Waals surface area contributed by atoms with Crippen molar-refractivity contribution in [3.63, 3.8) is 0 Å². The highest BCUT2D eigenvalue weighted by atomic mass is 79.9. The van der Waals surface area contributed by atoms with E-state index in [1.165, 1.54) is 18.2 Å². The number of carbonyl (C=O) groups excluding carboxylic acids is 1. The van der Waals surface area contributed by atoms with Crippen LogP contribution in [0, 0.1) is 0 Å². The molecule has 0 radical (unpaired) electrons. The van der Waals surface area contributed by atoms with Crippen molar-refractivity contribution in [2.75, 3.05) is 11.9 Å². The number of anilines is 1. The Morgan fingerprint density at radius 3 is 2.58 bits per heavy atom. The fourth-order valence-corrected chi connectivity index (χ4v) is 2.63. The van der Waals surface area contributed by atoms with Crippen molar-refractivity contribution in [1.29, 1.82) is 0 Å². The van der Waals surface area contributed by atoms with Gasteiger partial charge in [0.05, 0.1) is 5.56 Å². The smallest absolute Gasteiger partial charge is 0.436 e. The molecule has 0 aliphatic rings. The normalized spacial score (nSPS) is 11.7. The van der Waals surface area contributed by atoms with Crippen molar-refractivity contribution in [3.05, 3.63) is 46.9 Å². The summed E-state index contributed by atoms with van der Waals surface area (Å²) in [6, 6.07) is 11.5. The first-order valence-corrected chi connectivity index (χ1v) is 7.57. The van der Waals surface area contributed by atoms with Crippen LogP contribution in [0.2, 0.25) is 0 Å². The van der Waals surface area contributed by atoms with Crippen LogP contribution in [0.1, 0.15) is 0 Å². The molecule has 1 heterocycles. The zero-order valence-electron chi connectivity index (χ0n) is 12.3. The Bertz CT molecular complexity index is 921. The molecule has 0 saturated carbocycles. The van der Waals surface area contributed by atoms with Crippen LogP contribution in [-0.2, 0) is 4.79 Å². The van der Waals surface area contributed by atoms with Crippen molar-refractivity contribution in [2.24, 2.45) is 0 Å². The van der Waals surface area contributed by atoms with Crippen LogP contribution in [-0.4, -0.2) is 24.1 Å². The standard InChI is InChI=1S/C16H10BrF3N2O2/c1-22(15(23)16(18,19)20)9-6-7-12-13(8-9)24-14(21-12)10-4-2-3-5-11(10)17/h2-8H,1H3. The topological polar surface area (TPSA) is 46.3 Å². The first kappa shape index (κ1) is 16.5. The summed E-state index contributed by atoms with van der Waals surface area (Å²) in [4.78, 5) is 16.2. The molecular formula is C16H10BrF3N2O2. The highest BCUT2D eigenvalue weighted by Gasteiger charge is 2.41. The Hall–Kier alpha value is -2.35. The maximum absolute atomic E-state index is 12.5. The van der Waals surface area contributed by atoms with Crippen LogP contribution < -0.4 is 4.90 Å². The first-order valence-electron chi connectivity index (χ1n) is 6.78. The summed E-state index contributed by atoms with van der Waals surface area (Å²) >= 11 is 3.39. The highest BCUT2D eigenvalue weighted by Crippen LogP contribution is 2.32. The quantitative estimate of drug-likeness (QED) is 0.623. The summed E-state index contributed by atoms with van der Waals surface area (Å²) < 4.78 is 44.0. The summed E-state index contributed by atoms with van der Waals surface area (Å²) in [5.41, 5.74) is 1.56. The molecule has 1 amide bonds. The Morgan fingerprint density at radius 2 is 1.92 bits per heavy atom. The molecule has 0 fully saturated rings. The van der Waals surface area contributed by atoms with Crippen molar-refractivity contribution < 1.29 is 22.4 Å². The average Bonchev–Trinajstić information content (AvgIpc) is 2.95. The Labute approximate surface area is 143 Å². The van der Waals surface area contributed by atoms with E-state index < -0.39 is 12.1 Å². The molecule has 2 aromatic carbocycles. The molecule has 0 atom stereocenters. The molecule has 4 nitrogen and oxygen atoms in total. The zero-order chi connectivity index (χ0) is 17.5. The number of carbonyl (C=O) groups is 1. The zero-order valence-corrected chi connectivity index (χ0v) is 13.9. The van der Waals surface area contributed by atoms with Crippen molar-refractivity contribution in [2.45, 2.75) is 6.18 Å². The summed E-state index contributed by atoms with van der Waals surface area (Å²) in [5, 5.41) is 0. The minimum Gasteiger partial charge on any atom is -0.436 e. The van der Waals surface area contributed by atoms with Crippen LogP contribution >= 0.6 is 15.9 Å². The van der Waals surface area contributed by atoms with E-state index >= 15 is 0 Å². The van der Waals surface area contributed by atoms with Gasteiger partial charge in [-0.3, -0.25) is 4.79 Å². The lowest BCUT2D eigenvalue weighted by atomic mass is 10.2. The molecule has 24 heavy (non-hydrogen) atoms. The number of alkyl halides is 3. The number of rotatable bonds is 2. The molecular weight excluding hydrogens is 389 g/mol. The number of oxazole rings is 1. The lowest BCUT2D eigenvalue weighted by Crippen LogP contribution is -2.38. The lowest BCUT2D eigenvalue weighted by molar-refractivity contribution is -0.170. The van der Waals surface area contributed by atoms with E-state index in [4.69, 9.17) is 4.42 Å². The monoisotopic (exact) mass is 398 g/mol. The second kappa shape index (κ2) is 5.94. The van der Waals surface area contributed by atoms with Gasteiger partial charge in [-0.2, -0.15) is 13.2 Å². The largest absolute Gasteiger partial charge is 0.471 e. The second-order valence-electron chi connectivity index (χ2n) is 5.01. The van der Waals surface area contributed by atoms with Gasteiger partial charge < -0.3 is 9.32 Å². The number of halogens is 4. The number of amides is 1. The van der Waals surface area contributed by atoms with Gasteiger partial charge in [-0.1, -0.05) is 12.1 Å². The molecule has 0 spiro atoms. The number of aromatic nitrogens is 1. The van der Waals surface area contributed by atoms with Gasteiger partial charge in [0.1, 0.15) is 5.52 Å². The van der Waals surface area contributed by atoms with Crippen LogP contribution in [0.25, 0.3) is 22.6 Å². The molecule has 0 aliphatic heterocycles. The summed E-state index contributed by atoms with van der Waals surface area (Å²) in [6.07, 6.45) is -4.94. The maximum atomic E-state index is 12.5. The predicted molar refractivity (Wildman–Crippen MR) is 86.6 cm³/mol. The Balaban J connectivity index is 2.01. The molecule has 3 rings (SSSR count). The third-order valence-electron chi connectivity index (χ3n) is 3.41. The van der Waals surface area contributed by atoms with Gasteiger partial charge >= 0.3 is 12.1 Å². The molecule has 0 saturated heterocycles. The predicted octanol–water partition coefficient (Wildman–Crippen LogP) is 4.78. The van der Waals surface area contributed by atoms with E-state index in [0.29, 0.717) is 21.9 Å². The average molecular weight is 399 g/mol. The van der Waals surface area contributed by atoms with E-state index in [1.54, 1.807) is 6.07 Å². The molecule has 8 heteroatoms. The molecule has 0 N–H and O–H groups in total. The fourth-order valence-electron chi connectivity index (χ4n) is 2.18. The van der Waals surface area contributed by atoms with Crippen LogP contribution in [0.15, 0.2) is 51.4 Å². The van der Waals surface area contributed by atoms with Crippen LogP contribution in [0.4, 0.5) is 18.9 Å². The summed E-state index contributed by atoms with van der Waals surface area (Å²) in [5.74, 6) is -1.62. The Kier molecular flexibility index (Phi) is 4.08. The summed E-state index contributed by atoms with van der Waals surface area (Å²) in [6.45, 7) is 0. The van der Waals surface area contributed by atoms with Crippen LogP contribution in [0.5, 0.6) is 0 Å². The molecule has 124 valence electrons. The maximum Gasteiger partial charge on any atom is 0.471 e. The second-order valence-corrected chi connectivity index (χ2v) is 5.87.